The van der Waals surface area contributed by atoms with E-state index >= 15 is 0 Å². The molecule has 6 heteroatoms. The molecule has 120 valence electrons. The summed E-state index contributed by atoms with van der Waals surface area (Å²) in [6.45, 7) is 0.213. The van der Waals surface area contributed by atoms with Gasteiger partial charge in [0.1, 0.15) is 5.75 Å². The molecule has 0 saturated carbocycles. The first kappa shape index (κ1) is 15.4. The number of anilines is 1. The van der Waals surface area contributed by atoms with E-state index < -0.39 is 0 Å². The van der Waals surface area contributed by atoms with Crippen LogP contribution in [0.15, 0.2) is 18.2 Å². The van der Waals surface area contributed by atoms with E-state index in [2.05, 4.69) is 5.32 Å². The zero-order valence-electron chi connectivity index (χ0n) is 12.6. The van der Waals surface area contributed by atoms with Crippen LogP contribution in [-0.4, -0.2) is 41.8 Å². The fourth-order valence-corrected chi connectivity index (χ4v) is 3.90. The minimum atomic E-state index is -0.107. The molecule has 2 heterocycles. The Bertz CT molecular complexity index is 552. The lowest BCUT2D eigenvalue weighted by Gasteiger charge is -2.38. The van der Waals surface area contributed by atoms with Crippen LogP contribution in [0.1, 0.15) is 25.7 Å². The van der Waals surface area contributed by atoms with Crippen molar-refractivity contribution in [3.05, 3.63) is 23.2 Å². The number of methoxy groups -OCH3 is 1. The van der Waals surface area contributed by atoms with Crippen LogP contribution < -0.4 is 10.1 Å². The van der Waals surface area contributed by atoms with Crippen molar-refractivity contribution in [3.8, 4) is 5.75 Å². The van der Waals surface area contributed by atoms with E-state index in [9.17, 15) is 9.90 Å². The number of halogens is 1. The first-order valence-electron chi connectivity index (χ1n) is 7.66. The molecule has 1 aromatic carbocycles. The molecule has 2 aliphatic heterocycles. The summed E-state index contributed by atoms with van der Waals surface area (Å²) in [7, 11) is 1.56. The number of piperidine rings is 1. The van der Waals surface area contributed by atoms with Crippen LogP contribution in [0.25, 0.3) is 0 Å². The van der Waals surface area contributed by atoms with Crippen molar-refractivity contribution < 1.29 is 14.6 Å². The molecule has 0 aromatic heterocycles. The number of aliphatic hydroxyl groups is 1. The average Bonchev–Trinajstić information content (AvgIpc) is 2.78. The minimum Gasteiger partial charge on any atom is -0.495 e. The van der Waals surface area contributed by atoms with Crippen LogP contribution in [0, 0.1) is 5.92 Å². The molecular formula is C16H21ClN2O3. The summed E-state index contributed by atoms with van der Waals surface area (Å²) in [6, 6.07) is 5.50. The van der Waals surface area contributed by atoms with Gasteiger partial charge >= 0.3 is 6.03 Å². The summed E-state index contributed by atoms with van der Waals surface area (Å²) in [4.78, 5) is 14.6. The zero-order chi connectivity index (χ0) is 15.7. The molecular weight excluding hydrogens is 304 g/mol. The van der Waals surface area contributed by atoms with Crippen molar-refractivity contribution in [2.75, 3.05) is 19.0 Å². The molecule has 1 aromatic rings. The molecule has 2 saturated heterocycles. The third-order valence-corrected chi connectivity index (χ3v) is 4.96. The van der Waals surface area contributed by atoms with Gasteiger partial charge in [0.05, 0.1) is 12.8 Å². The largest absolute Gasteiger partial charge is 0.495 e. The van der Waals surface area contributed by atoms with Gasteiger partial charge in [-0.1, -0.05) is 11.6 Å². The molecule has 2 bridgehead atoms. The van der Waals surface area contributed by atoms with Crippen molar-refractivity contribution in [1.29, 1.82) is 0 Å². The van der Waals surface area contributed by atoms with Gasteiger partial charge in [0.25, 0.3) is 0 Å². The van der Waals surface area contributed by atoms with Gasteiger partial charge in [-0.25, -0.2) is 4.79 Å². The first-order chi connectivity index (χ1) is 10.6. The van der Waals surface area contributed by atoms with E-state index in [0.717, 1.165) is 25.7 Å². The highest BCUT2D eigenvalue weighted by Gasteiger charge is 2.43. The number of hydrogen-bond acceptors (Lipinski definition) is 3. The molecule has 3 atom stereocenters. The Kier molecular flexibility index (Phi) is 4.45. The number of ether oxygens (including phenoxy) is 1. The maximum atomic E-state index is 12.7. The zero-order valence-corrected chi connectivity index (χ0v) is 13.3. The van der Waals surface area contributed by atoms with Gasteiger partial charge < -0.3 is 20.1 Å². The summed E-state index contributed by atoms with van der Waals surface area (Å²) in [5, 5.41) is 12.8. The maximum absolute atomic E-state index is 12.7. The Balaban J connectivity index is 1.74. The lowest BCUT2D eigenvalue weighted by atomic mass is 9.92. The van der Waals surface area contributed by atoms with E-state index in [-0.39, 0.29) is 24.7 Å². The number of aliphatic hydroxyl groups excluding tert-OH is 1. The number of fused-ring (bicyclic) bond motifs is 2. The average molecular weight is 325 g/mol. The van der Waals surface area contributed by atoms with Gasteiger partial charge in [-0.2, -0.15) is 0 Å². The van der Waals surface area contributed by atoms with Crippen molar-refractivity contribution >= 4 is 23.3 Å². The van der Waals surface area contributed by atoms with Crippen LogP contribution in [0.2, 0.25) is 5.02 Å². The second-order valence-corrected chi connectivity index (χ2v) is 6.52. The minimum absolute atomic E-state index is 0.107. The van der Waals surface area contributed by atoms with E-state index in [0.29, 0.717) is 22.4 Å². The molecule has 2 amide bonds. The number of nitrogens with zero attached hydrogens (tertiary/aromatic N) is 1. The number of carbonyl (C=O) groups excluding carboxylic acids is 1. The third kappa shape index (κ3) is 2.88. The second-order valence-electron chi connectivity index (χ2n) is 6.09. The third-order valence-electron chi connectivity index (χ3n) is 4.73. The molecule has 22 heavy (non-hydrogen) atoms. The number of urea groups is 1. The standard InChI is InChI=1S/C16H21ClN2O3/c1-22-15-5-2-11(17)8-14(15)18-16(21)19-12-3-4-13(19)7-10(6-12)9-20/h2,5,8,10,12-13,20H,3-4,6-7,9H2,1H3,(H,18,21)/t10?,12-,13+. The van der Waals surface area contributed by atoms with Gasteiger partial charge in [0.2, 0.25) is 0 Å². The predicted octanol–water partition coefficient (Wildman–Crippen LogP) is 3.12. The number of carbonyl (C=O) groups is 1. The fourth-order valence-electron chi connectivity index (χ4n) is 3.73. The molecule has 0 radical (unpaired) electrons. The highest BCUT2D eigenvalue weighted by molar-refractivity contribution is 6.31. The van der Waals surface area contributed by atoms with Crippen LogP contribution >= 0.6 is 11.6 Å². The molecule has 3 rings (SSSR count). The van der Waals surface area contributed by atoms with E-state index in [1.54, 1.807) is 25.3 Å². The van der Waals surface area contributed by atoms with E-state index in [1.165, 1.54) is 0 Å². The molecule has 1 unspecified atom stereocenters. The number of amides is 2. The lowest BCUT2D eigenvalue weighted by molar-refractivity contribution is 0.0989. The fraction of sp³-hybridized carbons (Fsp3) is 0.562. The molecule has 2 fully saturated rings. The Labute approximate surface area is 135 Å². The van der Waals surface area contributed by atoms with E-state index in [4.69, 9.17) is 16.3 Å². The summed E-state index contributed by atoms with van der Waals surface area (Å²) < 4.78 is 5.27. The van der Waals surface area contributed by atoms with Gasteiger partial charge in [-0.05, 0) is 49.8 Å². The van der Waals surface area contributed by atoms with Crippen LogP contribution in [0.3, 0.4) is 0 Å². The first-order valence-corrected chi connectivity index (χ1v) is 8.04. The normalized spacial score (nSPS) is 26.9. The maximum Gasteiger partial charge on any atom is 0.322 e. The molecule has 2 N–H and O–H groups in total. The molecule has 5 nitrogen and oxygen atoms in total. The highest BCUT2D eigenvalue weighted by atomic mass is 35.5. The van der Waals surface area contributed by atoms with Crippen molar-refractivity contribution in [2.45, 2.75) is 37.8 Å². The lowest BCUT2D eigenvalue weighted by Crippen LogP contribution is -2.49. The van der Waals surface area contributed by atoms with Gasteiger partial charge in [0, 0.05) is 23.7 Å². The number of hydrogen-bond donors (Lipinski definition) is 2. The van der Waals surface area contributed by atoms with Gasteiger partial charge in [0.15, 0.2) is 0 Å². The smallest absolute Gasteiger partial charge is 0.322 e. The topological polar surface area (TPSA) is 61.8 Å². The van der Waals surface area contributed by atoms with Crippen molar-refractivity contribution in [1.82, 2.24) is 4.90 Å². The van der Waals surface area contributed by atoms with Crippen LogP contribution in [0.5, 0.6) is 5.75 Å². The SMILES string of the molecule is COc1ccc(Cl)cc1NC(=O)N1[C@@H]2CC[C@H]1CC(CO)C2. The Morgan fingerprint density at radius 3 is 2.68 bits per heavy atom. The number of benzene rings is 1. The van der Waals surface area contributed by atoms with Crippen molar-refractivity contribution in [2.24, 2.45) is 5.92 Å². The highest BCUT2D eigenvalue weighted by Crippen LogP contribution is 2.39. The monoisotopic (exact) mass is 324 g/mol. The quantitative estimate of drug-likeness (QED) is 0.898. The molecule has 0 aliphatic carbocycles. The summed E-state index contributed by atoms with van der Waals surface area (Å²) in [5.74, 6) is 0.914. The predicted molar refractivity (Wildman–Crippen MR) is 85.5 cm³/mol. The summed E-state index contributed by atoms with van der Waals surface area (Å²) in [6.07, 6.45) is 3.79. The molecule has 2 aliphatic rings. The Morgan fingerprint density at radius 2 is 2.09 bits per heavy atom. The number of nitrogens with one attached hydrogen (secondary N) is 1. The van der Waals surface area contributed by atoms with E-state index in [1.807, 2.05) is 4.90 Å². The summed E-state index contributed by atoms with van der Waals surface area (Å²) in [5.41, 5.74) is 0.587. The number of rotatable bonds is 3. The second kappa shape index (κ2) is 6.34. The van der Waals surface area contributed by atoms with Crippen LogP contribution in [-0.2, 0) is 0 Å². The molecule has 0 spiro atoms. The van der Waals surface area contributed by atoms with Gasteiger partial charge in [-0.3, -0.25) is 0 Å². The summed E-state index contributed by atoms with van der Waals surface area (Å²) >= 11 is 6.00. The van der Waals surface area contributed by atoms with Crippen LogP contribution in [0.4, 0.5) is 10.5 Å². The van der Waals surface area contributed by atoms with Crippen molar-refractivity contribution in [3.63, 3.8) is 0 Å². The Morgan fingerprint density at radius 1 is 1.41 bits per heavy atom. The Hall–Kier alpha value is -1.46. The van der Waals surface area contributed by atoms with Gasteiger partial charge in [-0.15, -0.1) is 0 Å².